The molecule has 2 unspecified atom stereocenters. The van der Waals surface area contributed by atoms with Crippen molar-refractivity contribution in [3.05, 3.63) is 94.5 Å². The Morgan fingerprint density at radius 1 is 1.00 bits per heavy atom. The van der Waals surface area contributed by atoms with Gasteiger partial charge in [0, 0.05) is 16.8 Å². The van der Waals surface area contributed by atoms with Gasteiger partial charge in [-0.25, -0.2) is 0 Å². The predicted molar refractivity (Wildman–Crippen MR) is 120 cm³/mol. The van der Waals surface area contributed by atoms with Crippen LogP contribution in [0.15, 0.2) is 66.7 Å². The first kappa shape index (κ1) is 20.3. The Kier molecular flexibility index (Phi) is 7.01. The van der Waals surface area contributed by atoms with Crippen molar-refractivity contribution in [3.8, 4) is 5.75 Å². The number of rotatable bonds is 8. The second kappa shape index (κ2) is 9.66. The van der Waals surface area contributed by atoms with Gasteiger partial charge in [0.25, 0.3) is 0 Å². The van der Waals surface area contributed by atoms with Crippen LogP contribution in [0.25, 0.3) is 0 Å². The molecule has 0 aromatic heterocycles. The average molecular weight is 390 g/mol. The lowest BCUT2D eigenvalue weighted by molar-refractivity contribution is 0.112. The predicted octanol–water partition coefficient (Wildman–Crippen LogP) is 6.15. The third-order valence-electron chi connectivity index (χ3n) is 4.87. The third kappa shape index (κ3) is 4.88. The highest BCUT2D eigenvalue weighted by atomic mass is 31.1. The summed E-state index contributed by atoms with van der Waals surface area (Å²) in [6.07, 6.45) is 1.96. The van der Waals surface area contributed by atoms with Crippen LogP contribution < -0.4 is 10.0 Å². The Morgan fingerprint density at radius 2 is 1.71 bits per heavy atom. The number of carbonyl (C=O) groups is 1. The highest BCUT2D eigenvalue weighted by Crippen LogP contribution is 2.43. The minimum Gasteiger partial charge on any atom is -0.488 e. The molecule has 0 aliphatic carbocycles. The molecule has 3 rings (SSSR count). The molecule has 144 valence electrons. The van der Waals surface area contributed by atoms with Crippen molar-refractivity contribution in [1.29, 1.82) is 0 Å². The van der Waals surface area contributed by atoms with E-state index in [-0.39, 0.29) is 0 Å². The van der Waals surface area contributed by atoms with Gasteiger partial charge in [0.05, 0.1) is 0 Å². The molecule has 0 amide bonds. The minimum atomic E-state index is 0.325. The molecular formula is C25H27O2P. The maximum Gasteiger partial charge on any atom is 0.150 e. The van der Waals surface area contributed by atoms with E-state index in [1.165, 1.54) is 11.1 Å². The summed E-state index contributed by atoms with van der Waals surface area (Å²) in [6.45, 7) is 7.01. The van der Waals surface area contributed by atoms with E-state index >= 15 is 0 Å². The van der Waals surface area contributed by atoms with Gasteiger partial charge in [0.15, 0.2) is 6.29 Å². The molecule has 2 atom stereocenters. The van der Waals surface area contributed by atoms with Crippen LogP contribution in [0.3, 0.4) is 0 Å². The molecule has 28 heavy (non-hydrogen) atoms. The summed E-state index contributed by atoms with van der Waals surface area (Å²) in [5.74, 6) is 0.984. The molecule has 0 bridgehead atoms. The highest BCUT2D eigenvalue weighted by Gasteiger charge is 2.19. The zero-order valence-corrected chi connectivity index (χ0v) is 17.7. The molecular weight excluding hydrogens is 363 g/mol. The second-order valence-corrected chi connectivity index (χ2v) is 8.61. The zero-order valence-electron chi connectivity index (χ0n) is 16.7. The van der Waals surface area contributed by atoms with Crippen molar-refractivity contribution in [2.24, 2.45) is 0 Å². The maximum atomic E-state index is 11.4. The number of carbonyl (C=O) groups excluding carboxylic acids is 1. The Bertz CT molecular complexity index is 935. The van der Waals surface area contributed by atoms with Crippen LogP contribution in [0, 0.1) is 13.8 Å². The van der Waals surface area contributed by atoms with E-state index < -0.39 is 0 Å². The number of aryl methyl sites for hydroxylation is 2. The summed E-state index contributed by atoms with van der Waals surface area (Å²) >= 11 is 0. The number of hydrogen-bond donors (Lipinski definition) is 0. The van der Waals surface area contributed by atoms with Crippen molar-refractivity contribution < 1.29 is 9.53 Å². The van der Waals surface area contributed by atoms with Gasteiger partial charge in [-0.05, 0) is 36.7 Å². The van der Waals surface area contributed by atoms with Crippen molar-refractivity contribution >= 4 is 20.2 Å². The summed E-state index contributed by atoms with van der Waals surface area (Å²) in [5, 5.41) is 1.12. The topological polar surface area (TPSA) is 26.3 Å². The zero-order chi connectivity index (χ0) is 19.9. The first-order valence-corrected chi connectivity index (χ1v) is 10.8. The van der Waals surface area contributed by atoms with Gasteiger partial charge in [0.2, 0.25) is 0 Å². The van der Waals surface area contributed by atoms with Crippen LogP contribution in [-0.4, -0.2) is 6.29 Å². The van der Waals surface area contributed by atoms with Gasteiger partial charge in [-0.2, -0.15) is 0 Å². The largest absolute Gasteiger partial charge is 0.488 e. The Balaban J connectivity index is 1.92. The smallest absolute Gasteiger partial charge is 0.150 e. The van der Waals surface area contributed by atoms with E-state index in [1.807, 2.05) is 36.4 Å². The standard InChI is InChI=1S/C25H27O2P/c1-4-23(28-24-13-9-8-12-21(24)16-26)22-15-18(2)14-19(3)25(22)27-17-20-10-6-5-7-11-20/h5-16,23,28H,4,17H2,1-3H3. The summed E-state index contributed by atoms with van der Waals surface area (Å²) in [5.41, 5.74) is 5.93. The quantitative estimate of drug-likeness (QED) is 0.341. The molecule has 3 heteroatoms. The highest BCUT2D eigenvalue weighted by molar-refractivity contribution is 7.47. The second-order valence-electron chi connectivity index (χ2n) is 7.08. The van der Waals surface area contributed by atoms with E-state index in [0.29, 0.717) is 20.8 Å². The lowest BCUT2D eigenvalue weighted by atomic mass is 10.0. The lowest BCUT2D eigenvalue weighted by Gasteiger charge is -2.23. The van der Waals surface area contributed by atoms with Crippen molar-refractivity contribution in [2.75, 3.05) is 0 Å². The van der Waals surface area contributed by atoms with Crippen molar-refractivity contribution in [2.45, 2.75) is 39.5 Å². The molecule has 0 saturated carbocycles. The average Bonchev–Trinajstić information content (AvgIpc) is 2.72. The minimum absolute atomic E-state index is 0.325. The molecule has 3 aromatic carbocycles. The maximum absolute atomic E-state index is 11.4. The fourth-order valence-corrected chi connectivity index (χ4v) is 4.94. The number of benzene rings is 3. The molecule has 0 saturated heterocycles. The fourth-order valence-electron chi connectivity index (χ4n) is 3.49. The Morgan fingerprint density at radius 3 is 2.43 bits per heavy atom. The molecule has 0 spiro atoms. The molecule has 0 N–H and O–H groups in total. The van der Waals surface area contributed by atoms with Gasteiger partial charge in [-0.15, -0.1) is 0 Å². The van der Waals surface area contributed by atoms with Crippen LogP contribution in [-0.2, 0) is 6.61 Å². The number of aldehydes is 1. The molecule has 0 radical (unpaired) electrons. The summed E-state index contributed by atoms with van der Waals surface area (Å²) in [4.78, 5) is 11.4. The first-order chi connectivity index (χ1) is 13.6. The van der Waals surface area contributed by atoms with Crippen LogP contribution in [0.2, 0.25) is 0 Å². The fraction of sp³-hybridized carbons (Fsp3) is 0.240. The van der Waals surface area contributed by atoms with Gasteiger partial charge in [0.1, 0.15) is 12.4 Å². The molecule has 3 aromatic rings. The summed E-state index contributed by atoms with van der Waals surface area (Å²) < 4.78 is 6.32. The van der Waals surface area contributed by atoms with Crippen LogP contribution >= 0.6 is 8.58 Å². The molecule has 0 fully saturated rings. The lowest BCUT2D eigenvalue weighted by Crippen LogP contribution is -2.08. The van der Waals surface area contributed by atoms with Crippen LogP contribution in [0.4, 0.5) is 0 Å². The van der Waals surface area contributed by atoms with E-state index in [0.717, 1.165) is 40.5 Å². The van der Waals surface area contributed by atoms with E-state index in [2.05, 4.69) is 51.1 Å². The Hall–Kier alpha value is -2.44. The van der Waals surface area contributed by atoms with E-state index in [1.54, 1.807) is 0 Å². The molecule has 0 aliphatic heterocycles. The van der Waals surface area contributed by atoms with Gasteiger partial charge < -0.3 is 4.74 Å². The normalized spacial score (nSPS) is 12.2. The van der Waals surface area contributed by atoms with Crippen LogP contribution in [0.1, 0.15) is 51.6 Å². The Labute approximate surface area is 169 Å². The number of ether oxygens (including phenoxy) is 1. The van der Waals surface area contributed by atoms with Crippen molar-refractivity contribution in [1.82, 2.24) is 0 Å². The van der Waals surface area contributed by atoms with Crippen molar-refractivity contribution in [3.63, 3.8) is 0 Å². The van der Waals surface area contributed by atoms with Gasteiger partial charge >= 0.3 is 0 Å². The number of hydrogen-bond acceptors (Lipinski definition) is 2. The third-order valence-corrected chi connectivity index (χ3v) is 6.71. The SMILES string of the molecule is CCC(Pc1ccccc1C=O)c1cc(C)cc(C)c1OCc1ccccc1. The van der Waals surface area contributed by atoms with E-state index in [9.17, 15) is 4.79 Å². The first-order valence-electron chi connectivity index (χ1n) is 9.71. The van der Waals surface area contributed by atoms with E-state index in [4.69, 9.17) is 4.74 Å². The summed E-state index contributed by atoms with van der Waals surface area (Å²) in [7, 11) is 0.527. The van der Waals surface area contributed by atoms with Gasteiger partial charge in [-0.1, -0.05) is 87.8 Å². The van der Waals surface area contributed by atoms with Gasteiger partial charge in [-0.3, -0.25) is 4.79 Å². The summed E-state index contributed by atoms with van der Waals surface area (Å²) in [6, 6.07) is 22.6. The monoisotopic (exact) mass is 390 g/mol. The molecule has 0 aliphatic rings. The molecule has 2 nitrogen and oxygen atoms in total. The van der Waals surface area contributed by atoms with Crippen LogP contribution in [0.5, 0.6) is 5.75 Å². The molecule has 0 heterocycles.